The van der Waals surface area contributed by atoms with Gasteiger partial charge in [0.25, 0.3) is 0 Å². The van der Waals surface area contributed by atoms with E-state index >= 15 is 0 Å². The normalized spacial score (nSPS) is 12.1. The van der Waals surface area contributed by atoms with Crippen LogP contribution in [0, 0.1) is 0 Å². The molecular weight excluding hydrogens is 203 g/mol. The van der Waals surface area contributed by atoms with Crippen molar-refractivity contribution in [3.8, 4) is 0 Å². The lowest BCUT2D eigenvalue weighted by Gasteiger charge is -2.19. The summed E-state index contributed by atoms with van der Waals surface area (Å²) < 4.78 is 36.7. The number of halogens is 3. The van der Waals surface area contributed by atoms with Crippen LogP contribution in [0.5, 0.6) is 0 Å². The van der Waals surface area contributed by atoms with Gasteiger partial charge < -0.3 is 0 Å². The van der Waals surface area contributed by atoms with Crippen LogP contribution in [0.25, 0.3) is 0 Å². The SMILES string of the molecule is CCc1cccc(CN(C)C(F)(F)F)c1. The second-order valence-corrected chi connectivity index (χ2v) is 3.50. The van der Waals surface area contributed by atoms with Gasteiger partial charge in [0.05, 0.1) is 0 Å². The molecule has 15 heavy (non-hydrogen) atoms. The maximum atomic E-state index is 12.2. The molecule has 0 spiro atoms. The van der Waals surface area contributed by atoms with E-state index < -0.39 is 6.30 Å². The molecule has 0 unspecified atom stereocenters. The Morgan fingerprint density at radius 2 is 1.80 bits per heavy atom. The van der Waals surface area contributed by atoms with E-state index in [1.807, 2.05) is 19.1 Å². The number of alkyl halides is 3. The summed E-state index contributed by atoms with van der Waals surface area (Å²) in [5, 5.41) is 0. The molecule has 1 nitrogen and oxygen atoms in total. The van der Waals surface area contributed by atoms with Gasteiger partial charge in [-0.1, -0.05) is 31.2 Å². The summed E-state index contributed by atoms with van der Waals surface area (Å²) >= 11 is 0. The molecule has 0 fully saturated rings. The summed E-state index contributed by atoms with van der Waals surface area (Å²) in [5.41, 5.74) is 1.75. The van der Waals surface area contributed by atoms with Crippen molar-refractivity contribution in [1.29, 1.82) is 0 Å². The van der Waals surface area contributed by atoms with Gasteiger partial charge in [-0.05, 0) is 24.6 Å². The van der Waals surface area contributed by atoms with Crippen LogP contribution in [0.3, 0.4) is 0 Å². The fraction of sp³-hybridized carbons (Fsp3) is 0.455. The van der Waals surface area contributed by atoms with Gasteiger partial charge in [-0.15, -0.1) is 0 Å². The summed E-state index contributed by atoms with van der Waals surface area (Å²) in [6.45, 7) is 1.88. The van der Waals surface area contributed by atoms with Crippen molar-refractivity contribution < 1.29 is 13.2 Å². The summed E-state index contributed by atoms with van der Waals surface area (Å²) in [5.74, 6) is 0. The largest absolute Gasteiger partial charge is 0.459 e. The molecule has 0 radical (unpaired) electrons. The van der Waals surface area contributed by atoms with Gasteiger partial charge in [-0.25, -0.2) is 4.90 Å². The minimum atomic E-state index is -4.26. The second-order valence-electron chi connectivity index (χ2n) is 3.50. The molecule has 4 heteroatoms. The van der Waals surface area contributed by atoms with E-state index in [-0.39, 0.29) is 6.54 Å². The van der Waals surface area contributed by atoms with E-state index in [4.69, 9.17) is 0 Å². The van der Waals surface area contributed by atoms with Crippen molar-refractivity contribution in [3.63, 3.8) is 0 Å². The number of hydrogen-bond donors (Lipinski definition) is 0. The third-order valence-corrected chi connectivity index (χ3v) is 2.25. The number of rotatable bonds is 3. The first-order chi connectivity index (χ1) is 6.93. The zero-order chi connectivity index (χ0) is 11.5. The molecule has 0 saturated carbocycles. The standard InChI is InChI=1S/C11H14F3N/c1-3-9-5-4-6-10(7-9)8-15(2)11(12,13)14/h4-7H,3,8H2,1-2H3. The Kier molecular flexibility index (Phi) is 3.74. The lowest BCUT2D eigenvalue weighted by molar-refractivity contribution is -0.240. The third-order valence-electron chi connectivity index (χ3n) is 2.25. The van der Waals surface area contributed by atoms with Gasteiger partial charge in [0.2, 0.25) is 0 Å². The van der Waals surface area contributed by atoms with Crippen LogP contribution >= 0.6 is 0 Å². The van der Waals surface area contributed by atoms with E-state index in [0.29, 0.717) is 10.5 Å². The summed E-state index contributed by atoms with van der Waals surface area (Å²) in [6.07, 6.45) is -3.42. The van der Waals surface area contributed by atoms with Gasteiger partial charge in [0.1, 0.15) is 0 Å². The lowest BCUT2D eigenvalue weighted by atomic mass is 10.1. The van der Waals surface area contributed by atoms with E-state index in [0.717, 1.165) is 19.0 Å². The molecule has 0 aliphatic heterocycles. The topological polar surface area (TPSA) is 3.24 Å². The highest BCUT2D eigenvalue weighted by Crippen LogP contribution is 2.21. The summed E-state index contributed by atoms with van der Waals surface area (Å²) in [6, 6.07) is 7.22. The van der Waals surface area contributed by atoms with Crippen molar-refractivity contribution in [2.75, 3.05) is 7.05 Å². The Morgan fingerprint density at radius 1 is 1.20 bits per heavy atom. The molecule has 84 valence electrons. The first kappa shape index (κ1) is 12.0. The number of benzene rings is 1. The van der Waals surface area contributed by atoms with E-state index in [2.05, 4.69) is 0 Å². The molecule has 0 aromatic heterocycles. The molecule has 0 bridgehead atoms. The molecule has 1 aromatic carbocycles. The summed E-state index contributed by atoms with van der Waals surface area (Å²) in [7, 11) is 1.05. The Morgan fingerprint density at radius 3 is 2.33 bits per heavy atom. The molecule has 0 N–H and O–H groups in total. The van der Waals surface area contributed by atoms with Gasteiger partial charge in [0, 0.05) is 6.54 Å². The van der Waals surface area contributed by atoms with Crippen LogP contribution in [0.1, 0.15) is 18.1 Å². The quantitative estimate of drug-likeness (QED) is 0.703. The van der Waals surface area contributed by atoms with Crippen LogP contribution in [0.4, 0.5) is 13.2 Å². The third kappa shape index (κ3) is 3.55. The first-order valence-corrected chi connectivity index (χ1v) is 4.79. The van der Waals surface area contributed by atoms with Crippen molar-refractivity contribution in [2.45, 2.75) is 26.2 Å². The first-order valence-electron chi connectivity index (χ1n) is 4.79. The maximum absolute atomic E-state index is 12.2. The molecule has 0 aliphatic rings. The fourth-order valence-electron chi connectivity index (χ4n) is 1.31. The van der Waals surface area contributed by atoms with Crippen LogP contribution in [0.2, 0.25) is 0 Å². The fourth-order valence-corrected chi connectivity index (χ4v) is 1.31. The minimum absolute atomic E-state index is 0.0999. The zero-order valence-corrected chi connectivity index (χ0v) is 8.80. The molecule has 0 amide bonds. The van der Waals surface area contributed by atoms with Gasteiger partial charge in [-0.2, -0.15) is 13.2 Å². The number of hydrogen-bond acceptors (Lipinski definition) is 1. The van der Waals surface area contributed by atoms with Crippen molar-refractivity contribution in [2.24, 2.45) is 0 Å². The molecule has 0 saturated heterocycles. The molecule has 1 rings (SSSR count). The predicted octanol–water partition coefficient (Wildman–Crippen LogP) is 3.20. The zero-order valence-electron chi connectivity index (χ0n) is 8.80. The number of nitrogens with zero attached hydrogens (tertiary/aromatic N) is 1. The Bertz CT molecular complexity index is 320. The number of aryl methyl sites for hydroxylation is 1. The Labute approximate surface area is 87.5 Å². The van der Waals surface area contributed by atoms with Crippen molar-refractivity contribution in [1.82, 2.24) is 4.90 Å². The molecule has 0 atom stereocenters. The molecule has 0 heterocycles. The average Bonchev–Trinajstić information content (AvgIpc) is 2.16. The second kappa shape index (κ2) is 4.66. The van der Waals surface area contributed by atoms with E-state index in [1.165, 1.54) is 0 Å². The van der Waals surface area contributed by atoms with Crippen LogP contribution < -0.4 is 0 Å². The van der Waals surface area contributed by atoms with Crippen molar-refractivity contribution in [3.05, 3.63) is 35.4 Å². The minimum Gasteiger partial charge on any atom is -0.213 e. The van der Waals surface area contributed by atoms with Crippen LogP contribution in [0.15, 0.2) is 24.3 Å². The molecule has 0 aliphatic carbocycles. The van der Waals surface area contributed by atoms with E-state index in [9.17, 15) is 13.2 Å². The monoisotopic (exact) mass is 217 g/mol. The Balaban J connectivity index is 2.72. The van der Waals surface area contributed by atoms with E-state index in [1.54, 1.807) is 12.1 Å². The average molecular weight is 217 g/mol. The molecular formula is C11H14F3N. The van der Waals surface area contributed by atoms with Crippen molar-refractivity contribution >= 4 is 0 Å². The molecule has 1 aromatic rings. The highest BCUT2D eigenvalue weighted by Gasteiger charge is 2.33. The summed E-state index contributed by atoms with van der Waals surface area (Å²) in [4.78, 5) is 0.377. The van der Waals surface area contributed by atoms with Crippen LogP contribution in [-0.4, -0.2) is 18.2 Å². The van der Waals surface area contributed by atoms with Gasteiger partial charge >= 0.3 is 6.30 Å². The highest BCUT2D eigenvalue weighted by atomic mass is 19.4. The Hall–Kier alpha value is -1.03. The smallest absolute Gasteiger partial charge is 0.213 e. The predicted molar refractivity (Wildman–Crippen MR) is 53.3 cm³/mol. The lowest BCUT2D eigenvalue weighted by Crippen LogP contribution is -2.33. The van der Waals surface area contributed by atoms with Gasteiger partial charge in [-0.3, -0.25) is 0 Å². The highest BCUT2D eigenvalue weighted by molar-refractivity contribution is 5.23. The van der Waals surface area contributed by atoms with Crippen LogP contribution in [-0.2, 0) is 13.0 Å². The van der Waals surface area contributed by atoms with Gasteiger partial charge in [0.15, 0.2) is 0 Å². The maximum Gasteiger partial charge on any atom is 0.459 e.